The van der Waals surface area contributed by atoms with Crippen LogP contribution >= 0.6 is 0 Å². The molecule has 0 fully saturated rings. The van der Waals surface area contributed by atoms with Crippen LogP contribution < -0.4 is 10.2 Å². The van der Waals surface area contributed by atoms with Crippen molar-refractivity contribution in [3.8, 4) is 17.5 Å². The van der Waals surface area contributed by atoms with Gasteiger partial charge in [-0.3, -0.25) is 4.79 Å². The van der Waals surface area contributed by atoms with Crippen LogP contribution in [-0.2, 0) is 0 Å². The van der Waals surface area contributed by atoms with Crippen molar-refractivity contribution < 1.29 is 10.0 Å². The molecule has 0 unspecified atom stereocenters. The zero-order chi connectivity index (χ0) is 21.3. The second-order valence-electron chi connectivity index (χ2n) is 7.04. The average Bonchev–Trinajstić information content (AvgIpc) is 3.10. The standard InChI is InChI=1S/C23H19N5O2/c1-27(2)19-10-6-17(7-11-19)23(29)25-18-8-4-16(5-9-18)22-26-20-12-3-15(14-24)13-21(20)28(22)30/h3-13,30H,1-2H3,(H,25,29). The molecule has 4 aromatic rings. The van der Waals surface area contributed by atoms with Crippen molar-refractivity contribution in [3.05, 3.63) is 77.9 Å². The number of imidazole rings is 1. The number of nitriles is 1. The maximum Gasteiger partial charge on any atom is 0.255 e. The molecule has 0 spiro atoms. The molecule has 148 valence electrons. The molecule has 0 bridgehead atoms. The third-order valence-electron chi connectivity index (χ3n) is 4.81. The molecule has 0 aliphatic heterocycles. The molecule has 0 radical (unpaired) electrons. The summed E-state index contributed by atoms with van der Waals surface area (Å²) in [5.41, 5.74) is 4.39. The quantitative estimate of drug-likeness (QED) is 0.505. The molecule has 0 aliphatic rings. The lowest BCUT2D eigenvalue weighted by Crippen LogP contribution is -2.13. The molecule has 1 aromatic heterocycles. The molecule has 7 heteroatoms. The number of rotatable bonds is 4. The van der Waals surface area contributed by atoms with E-state index in [0.29, 0.717) is 39.2 Å². The summed E-state index contributed by atoms with van der Waals surface area (Å²) in [6.07, 6.45) is 0. The summed E-state index contributed by atoms with van der Waals surface area (Å²) in [6, 6.07) is 21.4. The lowest BCUT2D eigenvalue weighted by atomic mass is 10.1. The third-order valence-corrected chi connectivity index (χ3v) is 4.81. The number of anilines is 2. The van der Waals surface area contributed by atoms with Gasteiger partial charge in [0.2, 0.25) is 0 Å². The molecule has 0 saturated carbocycles. The van der Waals surface area contributed by atoms with Crippen molar-refractivity contribution >= 4 is 28.3 Å². The SMILES string of the molecule is CN(C)c1ccc(C(=O)Nc2ccc(-c3nc4ccc(C#N)cc4n3O)cc2)cc1. The Morgan fingerprint density at radius 3 is 2.40 bits per heavy atom. The average molecular weight is 397 g/mol. The van der Waals surface area contributed by atoms with Crippen molar-refractivity contribution in [1.82, 2.24) is 9.71 Å². The molecule has 1 heterocycles. The van der Waals surface area contributed by atoms with Crippen molar-refractivity contribution in [2.45, 2.75) is 0 Å². The molecular formula is C23H19N5O2. The molecular weight excluding hydrogens is 378 g/mol. The molecule has 7 nitrogen and oxygen atoms in total. The van der Waals surface area contributed by atoms with Crippen LogP contribution in [0.4, 0.5) is 11.4 Å². The normalized spacial score (nSPS) is 10.6. The van der Waals surface area contributed by atoms with Gasteiger partial charge < -0.3 is 15.4 Å². The first-order valence-electron chi connectivity index (χ1n) is 9.27. The van der Waals surface area contributed by atoms with Gasteiger partial charge >= 0.3 is 0 Å². The monoisotopic (exact) mass is 397 g/mol. The highest BCUT2D eigenvalue weighted by Crippen LogP contribution is 2.25. The highest BCUT2D eigenvalue weighted by atomic mass is 16.5. The van der Waals surface area contributed by atoms with E-state index in [2.05, 4.69) is 10.3 Å². The Morgan fingerprint density at radius 1 is 1.07 bits per heavy atom. The summed E-state index contributed by atoms with van der Waals surface area (Å²) in [5, 5.41) is 22.4. The molecule has 4 rings (SSSR count). The van der Waals surface area contributed by atoms with E-state index in [0.717, 1.165) is 10.4 Å². The summed E-state index contributed by atoms with van der Waals surface area (Å²) in [4.78, 5) is 18.9. The van der Waals surface area contributed by atoms with Crippen molar-refractivity contribution in [3.63, 3.8) is 0 Å². The van der Waals surface area contributed by atoms with Crippen LogP contribution in [0.2, 0.25) is 0 Å². The van der Waals surface area contributed by atoms with Crippen LogP contribution in [-0.4, -0.2) is 34.9 Å². The van der Waals surface area contributed by atoms with E-state index in [1.807, 2.05) is 37.2 Å². The summed E-state index contributed by atoms with van der Waals surface area (Å²) in [5.74, 6) is 0.156. The number of hydrogen-bond acceptors (Lipinski definition) is 5. The molecule has 2 N–H and O–H groups in total. The lowest BCUT2D eigenvalue weighted by molar-refractivity contribution is 0.102. The second kappa shape index (κ2) is 7.60. The van der Waals surface area contributed by atoms with Gasteiger partial charge in [0, 0.05) is 36.6 Å². The van der Waals surface area contributed by atoms with Gasteiger partial charge in [0.1, 0.15) is 5.52 Å². The largest absolute Gasteiger partial charge is 0.426 e. The minimum Gasteiger partial charge on any atom is -0.426 e. The number of carbonyl (C=O) groups is 1. The van der Waals surface area contributed by atoms with Crippen LogP contribution in [0.1, 0.15) is 15.9 Å². The van der Waals surface area contributed by atoms with E-state index < -0.39 is 0 Å². The minimum atomic E-state index is -0.202. The van der Waals surface area contributed by atoms with Crippen LogP contribution in [0.5, 0.6) is 0 Å². The molecule has 0 aliphatic carbocycles. The second-order valence-corrected chi connectivity index (χ2v) is 7.04. The smallest absolute Gasteiger partial charge is 0.255 e. The lowest BCUT2D eigenvalue weighted by Gasteiger charge is -2.12. The van der Waals surface area contributed by atoms with E-state index in [-0.39, 0.29) is 5.91 Å². The predicted octanol–water partition coefficient (Wildman–Crippen LogP) is 4.13. The number of nitrogens with one attached hydrogen (secondary N) is 1. The molecule has 0 atom stereocenters. The van der Waals surface area contributed by atoms with Crippen LogP contribution in [0, 0.1) is 11.3 Å². The first kappa shape index (κ1) is 19.0. The van der Waals surface area contributed by atoms with Crippen LogP contribution in [0.3, 0.4) is 0 Å². The van der Waals surface area contributed by atoms with Gasteiger partial charge in [0.25, 0.3) is 5.91 Å². The predicted molar refractivity (Wildman–Crippen MR) is 116 cm³/mol. The maximum absolute atomic E-state index is 12.5. The van der Waals surface area contributed by atoms with Crippen molar-refractivity contribution in [1.29, 1.82) is 5.26 Å². The van der Waals surface area contributed by atoms with E-state index >= 15 is 0 Å². The van der Waals surface area contributed by atoms with Gasteiger partial charge in [-0.2, -0.15) is 9.99 Å². The zero-order valence-corrected chi connectivity index (χ0v) is 16.5. The number of nitrogens with zero attached hydrogens (tertiary/aromatic N) is 4. The first-order chi connectivity index (χ1) is 14.5. The van der Waals surface area contributed by atoms with Gasteiger partial charge in [-0.25, -0.2) is 4.98 Å². The third kappa shape index (κ3) is 3.54. The summed E-state index contributed by atoms with van der Waals surface area (Å²) in [6.45, 7) is 0. The summed E-state index contributed by atoms with van der Waals surface area (Å²) < 4.78 is 0.968. The minimum absolute atomic E-state index is 0.202. The Kier molecular flexibility index (Phi) is 4.82. The van der Waals surface area contributed by atoms with E-state index in [9.17, 15) is 10.0 Å². The van der Waals surface area contributed by atoms with Gasteiger partial charge in [-0.15, -0.1) is 0 Å². The fourth-order valence-corrected chi connectivity index (χ4v) is 3.14. The highest BCUT2D eigenvalue weighted by molar-refractivity contribution is 6.04. The summed E-state index contributed by atoms with van der Waals surface area (Å²) in [7, 11) is 3.89. The Hall–Kier alpha value is -4.31. The molecule has 3 aromatic carbocycles. The Bertz CT molecular complexity index is 1270. The zero-order valence-electron chi connectivity index (χ0n) is 16.5. The van der Waals surface area contributed by atoms with E-state index in [1.54, 1.807) is 54.6 Å². The Balaban J connectivity index is 1.54. The molecule has 30 heavy (non-hydrogen) atoms. The number of benzene rings is 3. The van der Waals surface area contributed by atoms with Crippen LogP contribution in [0.25, 0.3) is 22.4 Å². The van der Waals surface area contributed by atoms with E-state index in [4.69, 9.17) is 5.26 Å². The van der Waals surface area contributed by atoms with Gasteiger partial charge in [-0.05, 0) is 66.7 Å². The van der Waals surface area contributed by atoms with Crippen molar-refractivity contribution in [2.24, 2.45) is 0 Å². The van der Waals surface area contributed by atoms with Crippen molar-refractivity contribution in [2.75, 3.05) is 24.3 Å². The fraction of sp³-hybridized carbons (Fsp3) is 0.0870. The first-order valence-corrected chi connectivity index (χ1v) is 9.27. The number of amides is 1. The Labute approximate surface area is 173 Å². The fourth-order valence-electron chi connectivity index (χ4n) is 3.14. The summed E-state index contributed by atoms with van der Waals surface area (Å²) >= 11 is 0. The van der Waals surface area contributed by atoms with Gasteiger partial charge in [0.15, 0.2) is 5.82 Å². The maximum atomic E-state index is 12.5. The Morgan fingerprint density at radius 2 is 1.77 bits per heavy atom. The molecule has 1 amide bonds. The van der Waals surface area contributed by atoms with Gasteiger partial charge in [-0.1, -0.05) is 0 Å². The van der Waals surface area contributed by atoms with Gasteiger partial charge in [0.05, 0.1) is 17.1 Å². The number of fused-ring (bicyclic) bond motifs is 1. The molecule has 0 saturated heterocycles. The van der Waals surface area contributed by atoms with E-state index in [1.165, 1.54) is 0 Å². The highest BCUT2D eigenvalue weighted by Gasteiger charge is 2.13. The number of carbonyl (C=O) groups excluding carboxylic acids is 1. The number of aromatic nitrogens is 2. The van der Waals surface area contributed by atoms with Crippen LogP contribution in [0.15, 0.2) is 66.7 Å². The topological polar surface area (TPSA) is 94.2 Å². The number of hydrogen-bond donors (Lipinski definition) is 2.